The summed E-state index contributed by atoms with van der Waals surface area (Å²) in [6.45, 7) is 5.64. The Kier molecular flexibility index (Phi) is 8.96. The fraction of sp³-hybridized carbons (Fsp3) is 0.435. The van der Waals surface area contributed by atoms with Gasteiger partial charge in [0.2, 0.25) is 0 Å². The van der Waals surface area contributed by atoms with Crippen molar-refractivity contribution >= 4 is 17.6 Å². The molecule has 0 fully saturated rings. The van der Waals surface area contributed by atoms with Gasteiger partial charge in [-0.05, 0) is 35.4 Å². The topological polar surface area (TPSA) is 85.2 Å². The molecule has 0 heterocycles. The molecule has 0 saturated heterocycles. The van der Waals surface area contributed by atoms with Gasteiger partial charge >= 0.3 is 5.97 Å². The number of carbonyl (C=O) groups is 1. The molecule has 0 amide bonds. The highest BCUT2D eigenvalue weighted by Crippen LogP contribution is 2.33. The molecular formula is C23H29ClO6. The normalized spacial score (nSPS) is 13.4. The molecule has 6 nitrogen and oxygen atoms in total. The Labute approximate surface area is 182 Å². The molecule has 0 spiro atoms. The molecule has 0 saturated carbocycles. The van der Waals surface area contributed by atoms with Crippen LogP contribution in [0, 0.1) is 0 Å². The van der Waals surface area contributed by atoms with Crippen LogP contribution >= 0.6 is 11.6 Å². The summed E-state index contributed by atoms with van der Waals surface area (Å²) in [6.07, 6.45) is -1.57. The second-order valence-electron chi connectivity index (χ2n) is 7.56. The summed E-state index contributed by atoms with van der Waals surface area (Å²) in [6, 6.07) is 15.4. The van der Waals surface area contributed by atoms with Gasteiger partial charge in [-0.2, -0.15) is 0 Å². The summed E-state index contributed by atoms with van der Waals surface area (Å²) in [5, 5.41) is 19.3. The Morgan fingerprint density at radius 3 is 1.70 bits per heavy atom. The number of alkyl halides is 1. The van der Waals surface area contributed by atoms with Crippen molar-refractivity contribution in [2.45, 2.75) is 38.4 Å². The van der Waals surface area contributed by atoms with E-state index in [2.05, 4.69) is 13.8 Å². The number of hydrogen-bond acceptors (Lipinski definition) is 6. The third kappa shape index (κ3) is 7.20. The maximum Gasteiger partial charge on any atom is 0.302 e. The van der Waals surface area contributed by atoms with Gasteiger partial charge in [-0.25, -0.2) is 0 Å². The molecule has 2 N–H and O–H groups in total. The highest BCUT2D eigenvalue weighted by atomic mass is 35.5. The van der Waals surface area contributed by atoms with Crippen LogP contribution < -0.4 is 9.47 Å². The third-order valence-electron chi connectivity index (χ3n) is 4.69. The minimum absolute atomic E-state index is 0.0376. The molecule has 0 bridgehead atoms. The lowest BCUT2D eigenvalue weighted by atomic mass is 9.78. The fourth-order valence-electron chi connectivity index (χ4n) is 2.79. The zero-order valence-electron chi connectivity index (χ0n) is 17.5. The molecule has 2 aromatic rings. The molecule has 0 aromatic heterocycles. The highest BCUT2D eigenvalue weighted by Gasteiger charge is 2.23. The van der Waals surface area contributed by atoms with Crippen LogP contribution in [-0.4, -0.2) is 54.1 Å². The van der Waals surface area contributed by atoms with E-state index < -0.39 is 18.2 Å². The molecule has 0 unspecified atom stereocenters. The van der Waals surface area contributed by atoms with Gasteiger partial charge in [0.05, 0.1) is 5.88 Å². The first kappa shape index (κ1) is 24.0. The van der Waals surface area contributed by atoms with Crippen LogP contribution in [-0.2, 0) is 14.9 Å². The van der Waals surface area contributed by atoms with Gasteiger partial charge in [0.25, 0.3) is 0 Å². The van der Waals surface area contributed by atoms with Gasteiger partial charge in [0.15, 0.2) is 0 Å². The first-order valence-corrected chi connectivity index (χ1v) is 10.3. The van der Waals surface area contributed by atoms with E-state index in [0.29, 0.717) is 11.5 Å². The predicted octanol–water partition coefficient (Wildman–Crippen LogP) is 3.29. The third-order valence-corrected chi connectivity index (χ3v) is 5.05. The van der Waals surface area contributed by atoms with Gasteiger partial charge in [0, 0.05) is 12.3 Å². The van der Waals surface area contributed by atoms with E-state index in [9.17, 15) is 15.0 Å². The van der Waals surface area contributed by atoms with Crippen molar-refractivity contribution in [1.29, 1.82) is 0 Å². The van der Waals surface area contributed by atoms with E-state index >= 15 is 0 Å². The lowest BCUT2D eigenvalue weighted by Crippen LogP contribution is -2.24. The predicted molar refractivity (Wildman–Crippen MR) is 115 cm³/mol. The van der Waals surface area contributed by atoms with Crippen molar-refractivity contribution < 1.29 is 29.2 Å². The molecule has 2 aromatic carbocycles. The summed E-state index contributed by atoms with van der Waals surface area (Å²) in [4.78, 5) is 10.8. The Morgan fingerprint density at radius 1 is 0.867 bits per heavy atom. The van der Waals surface area contributed by atoms with Gasteiger partial charge in [-0.1, -0.05) is 38.1 Å². The van der Waals surface area contributed by atoms with E-state index in [0.717, 1.165) is 11.1 Å². The maximum atomic E-state index is 10.8. The first-order chi connectivity index (χ1) is 14.2. The van der Waals surface area contributed by atoms with Crippen LogP contribution in [0.25, 0.3) is 0 Å². The zero-order valence-corrected chi connectivity index (χ0v) is 18.3. The van der Waals surface area contributed by atoms with Gasteiger partial charge in [-0.3, -0.25) is 4.79 Å². The molecule has 2 atom stereocenters. The SMILES string of the molecule is CC(=O)OC[C@H](O)COc1ccc(C(C)(C)c2ccc(OC[C@@H](O)CCl)cc2)cc1. The molecule has 0 aliphatic carbocycles. The number of ether oxygens (including phenoxy) is 3. The number of aliphatic hydroxyl groups excluding tert-OH is 2. The Balaban J connectivity index is 1.96. The first-order valence-electron chi connectivity index (χ1n) is 9.74. The van der Waals surface area contributed by atoms with Crippen LogP contribution in [0.3, 0.4) is 0 Å². The number of halogens is 1. The molecule has 30 heavy (non-hydrogen) atoms. The quantitative estimate of drug-likeness (QED) is 0.415. The summed E-state index contributed by atoms with van der Waals surface area (Å²) in [7, 11) is 0. The standard InChI is InChI=1S/C23H29ClO6/c1-16(25)28-14-20(27)15-30-22-10-6-18(7-11-22)23(2,3)17-4-8-21(9-5-17)29-13-19(26)12-24/h4-11,19-20,26-27H,12-15H2,1-3H3/t19-,20-/m0/s1. The number of aliphatic hydroxyl groups is 2. The lowest BCUT2D eigenvalue weighted by molar-refractivity contribution is -0.144. The van der Waals surface area contributed by atoms with E-state index in [-0.39, 0.29) is 31.1 Å². The average molecular weight is 437 g/mol. The molecule has 0 aliphatic heterocycles. The second kappa shape index (κ2) is 11.2. The Hall–Kier alpha value is -2.28. The van der Waals surface area contributed by atoms with Gasteiger partial charge in [0.1, 0.15) is 43.5 Å². The fourth-order valence-corrected chi connectivity index (χ4v) is 2.88. The lowest BCUT2D eigenvalue weighted by Gasteiger charge is -2.26. The molecule has 7 heteroatoms. The van der Waals surface area contributed by atoms with E-state index in [1.54, 1.807) is 0 Å². The smallest absolute Gasteiger partial charge is 0.302 e. The minimum atomic E-state index is -0.878. The van der Waals surface area contributed by atoms with Crippen molar-refractivity contribution in [3.05, 3.63) is 59.7 Å². The monoisotopic (exact) mass is 436 g/mol. The summed E-state index contributed by atoms with van der Waals surface area (Å²) >= 11 is 5.57. The van der Waals surface area contributed by atoms with Crippen LogP contribution in [0.5, 0.6) is 11.5 Å². The van der Waals surface area contributed by atoms with Crippen LogP contribution in [0.15, 0.2) is 48.5 Å². The molecule has 2 rings (SSSR count). The van der Waals surface area contributed by atoms with Crippen LogP contribution in [0.2, 0.25) is 0 Å². The van der Waals surface area contributed by atoms with E-state index in [4.69, 9.17) is 25.8 Å². The Morgan fingerprint density at radius 2 is 1.30 bits per heavy atom. The molecule has 0 radical (unpaired) electrons. The van der Waals surface area contributed by atoms with Crippen molar-refractivity contribution in [3.8, 4) is 11.5 Å². The number of hydrogen-bond donors (Lipinski definition) is 2. The number of benzene rings is 2. The molecular weight excluding hydrogens is 408 g/mol. The summed E-state index contributed by atoms with van der Waals surface area (Å²) in [5.41, 5.74) is 1.96. The van der Waals surface area contributed by atoms with Gasteiger partial charge in [-0.15, -0.1) is 11.6 Å². The number of rotatable bonds is 11. The van der Waals surface area contributed by atoms with Crippen molar-refractivity contribution in [2.24, 2.45) is 0 Å². The van der Waals surface area contributed by atoms with Crippen molar-refractivity contribution in [3.63, 3.8) is 0 Å². The van der Waals surface area contributed by atoms with E-state index in [1.165, 1.54) is 6.92 Å². The molecule has 164 valence electrons. The second-order valence-corrected chi connectivity index (χ2v) is 7.87. The number of esters is 1. The minimum Gasteiger partial charge on any atom is -0.491 e. The van der Waals surface area contributed by atoms with Crippen molar-refractivity contribution in [1.82, 2.24) is 0 Å². The van der Waals surface area contributed by atoms with Crippen LogP contribution in [0.4, 0.5) is 0 Å². The highest BCUT2D eigenvalue weighted by molar-refractivity contribution is 6.18. The molecule has 0 aliphatic rings. The summed E-state index contributed by atoms with van der Waals surface area (Å²) < 4.78 is 15.8. The largest absolute Gasteiger partial charge is 0.491 e. The Bertz CT molecular complexity index is 788. The summed E-state index contributed by atoms with van der Waals surface area (Å²) in [5.74, 6) is 0.997. The van der Waals surface area contributed by atoms with Crippen LogP contribution in [0.1, 0.15) is 31.9 Å². The number of carbonyl (C=O) groups excluding carboxylic acids is 1. The average Bonchev–Trinajstić information content (AvgIpc) is 2.75. The maximum absolute atomic E-state index is 10.8. The van der Waals surface area contributed by atoms with Gasteiger partial charge < -0.3 is 24.4 Å². The van der Waals surface area contributed by atoms with Crippen molar-refractivity contribution in [2.75, 3.05) is 25.7 Å². The van der Waals surface area contributed by atoms with E-state index in [1.807, 2.05) is 48.5 Å². The zero-order chi connectivity index (χ0) is 22.1.